The SMILES string of the molecule is CCOc1ccc(CNc2c(C(=O)N(CC)CC)cnc3ccc(Cl)cc23)cc1. The summed E-state index contributed by atoms with van der Waals surface area (Å²) in [4.78, 5) is 19.3. The van der Waals surface area contributed by atoms with E-state index in [0.717, 1.165) is 27.9 Å². The lowest BCUT2D eigenvalue weighted by Crippen LogP contribution is -2.31. The predicted molar refractivity (Wildman–Crippen MR) is 119 cm³/mol. The molecule has 0 saturated heterocycles. The van der Waals surface area contributed by atoms with Gasteiger partial charge in [0.25, 0.3) is 5.91 Å². The Morgan fingerprint density at radius 3 is 2.48 bits per heavy atom. The van der Waals surface area contributed by atoms with Crippen molar-refractivity contribution in [2.45, 2.75) is 27.3 Å². The molecule has 1 aromatic heterocycles. The zero-order valence-corrected chi connectivity index (χ0v) is 17.8. The van der Waals surface area contributed by atoms with E-state index in [1.165, 1.54) is 0 Å². The Labute approximate surface area is 176 Å². The summed E-state index contributed by atoms with van der Waals surface area (Å²) in [6.45, 7) is 8.39. The Morgan fingerprint density at radius 2 is 1.83 bits per heavy atom. The van der Waals surface area contributed by atoms with Gasteiger partial charge in [-0.1, -0.05) is 23.7 Å². The summed E-state index contributed by atoms with van der Waals surface area (Å²) in [5.41, 5.74) is 3.18. The molecule has 0 unspecified atom stereocenters. The van der Waals surface area contributed by atoms with E-state index in [9.17, 15) is 4.79 Å². The van der Waals surface area contributed by atoms with Crippen molar-refractivity contribution < 1.29 is 9.53 Å². The minimum absolute atomic E-state index is 0.0430. The molecule has 2 aromatic carbocycles. The van der Waals surface area contributed by atoms with Crippen LogP contribution in [0.15, 0.2) is 48.7 Å². The van der Waals surface area contributed by atoms with Gasteiger partial charge in [-0.15, -0.1) is 0 Å². The number of ether oxygens (including phenoxy) is 1. The van der Waals surface area contributed by atoms with Crippen molar-refractivity contribution in [2.75, 3.05) is 25.0 Å². The molecule has 5 nitrogen and oxygen atoms in total. The van der Waals surface area contributed by atoms with Crippen LogP contribution in [0.25, 0.3) is 10.9 Å². The first kappa shape index (κ1) is 20.9. The number of nitrogens with one attached hydrogen (secondary N) is 1. The fraction of sp³-hybridized carbons (Fsp3) is 0.304. The third-order valence-electron chi connectivity index (χ3n) is 4.81. The zero-order valence-electron chi connectivity index (χ0n) is 17.0. The Kier molecular flexibility index (Phi) is 6.94. The molecule has 3 rings (SSSR count). The molecular formula is C23H26ClN3O2. The molecule has 0 aliphatic rings. The molecule has 152 valence electrons. The number of aromatic nitrogens is 1. The van der Waals surface area contributed by atoms with E-state index in [-0.39, 0.29) is 5.91 Å². The van der Waals surface area contributed by atoms with Gasteiger partial charge < -0.3 is 15.0 Å². The number of rotatable bonds is 8. The second-order valence-electron chi connectivity index (χ2n) is 6.62. The summed E-state index contributed by atoms with van der Waals surface area (Å²) in [5.74, 6) is 0.799. The van der Waals surface area contributed by atoms with E-state index < -0.39 is 0 Å². The van der Waals surface area contributed by atoms with Crippen LogP contribution in [0.3, 0.4) is 0 Å². The Morgan fingerprint density at radius 1 is 1.10 bits per heavy atom. The summed E-state index contributed by atoms with van der Waals surface area (Å²) in [6.07, 6.45) is 1.65. The number of anilines is 1. The molecule has 3 aromatic rings. The average Bonchev–Trinajstić information content (AvgIpc) is 2.74. The van der Waals surface area contributed by atoms with Gasteiger partial charge in [0, 0.05) is 36.2 Å². The van der Waals surface area contributed by atoms with Crippen LogP contribution < -0.4 is 10.1 Å². The molecule has 0 radical (unpaired) electrons. The largest absolute Gasteiger partial charge is 0.494 e. The van der Waals surface area contributed by atoms with Crippen LogP contribution in [0, 0.1) is 0 Å². The van der Waals surface area contributed by atoms with Crippen molar-refractivity contribution in [1.29, 1.82) is 0 Å². The molecule has 0 aliphatic carbocycles. The minimum atomic E-state index is -0.0430. The first-order valence-corrected chi connectivity index (χ1v) is 10.3. The van der Waals surface area contributed by atoms with Gasteiger partial charge in [-0.05, 0) is 56.7 Å². The second kappa shape index (κ2) is 9.61. The maximum absolute atomic E-state index is 13.1. The van der Waals surface area contributed by atoms with Crippen LogP contribution in [0.5, 0.6) is 5.75 Å². The lowest BCUT2D eigenvalue weighted by Gasteiger charge is -2.21. The topological polar surface area (TPSA) is 54.5 Å². The highest BCUT2D eigenvalue weighted by atomic mass is 35.5. The van der Waals surface area contributed by atoms with Crippen LogP contribution in [-0.4, -0.2) is 35.5 Å². The molecule has 1 amide bonds. The van der Waals surface area contributed by atoms with E-state index >= 15 is 0 Å². The third kappa shape index (κ3) is 4.80. The highest BCUT2D eigenvalue weighted by molar-refractivity contribution is 6.31. The number of hydrogen-bond acceptors (Lipinski definition) is 4. The van der Waals surface area contributed by atoms with E-state index in [2.05, 4.69) is 10.3 Å². The molecule has 0 bridgehead atoms. The maximum atomic E-state index is 13.1. The highest BCUT2D eigenvalue weighted by Gasteiger charge is 2.19. The molecule has 6 heteroatoms. The van der Waals surface area contributed by atoms with Crippen LogP contribution in [0.4, 0.5) is 5.69 Å². The lowest BCUT2D eigenvalue weighted by molar-refractivity contribution is 0.0773. The number of amides is 1. The van der Waals surface area contributed by atoms with Gasteiger partial charge in [-0.25, -0.2) is 0 Å². The summed E-state index contributed by atoms with van der Waals surface area (Å²) >= 11 is 6.24. The summed E-state index contributed by atoms with van der Waals surface area (Å²) in [5, 5.41) is 4.89. The second-order valence-corrected chi connectivity index (χ2v) is 7.05. The van der Waals surface area contributed by atoms with Crippen molar-refractivity contribution in [1.82, 2.24) is 9.88 Å². The van der Waals surface area contributed by atoms with Gasteiger partial charge in [0.05, 0.1) is 23.4 Å². The van der Waals surface area contributed by atoms with Gasteiger partial charge in [-0.2, -0.15) is 0 Å². The average molecular weight is 412 g/mol. The molecule has 0 fully saturated rings. The molecule has 0 aliphatic heterocycles. The summed E-state index contributed by atoms with van der Waals surface area (Å²) in [7, 11) is 0. The summed E-state index contributed by atoms with van der Waals surface area (Å²) < 4.78 is 5.50. The monoisotopic (exact) mass is 411 g/mol. The van der Waals surface area contributed by atoms with E-state index in [1.807, 2.05) is 57.2 Å². The van der Waals surface area contributed by atoms with Crippen molar-refractivity contribution >= 4 is 34.1 Å². The number of nitrogens with zero attached hydrogens (tertiary/aromatic N) is 2. The van der Waals surface area contributed by atoms with Gasteiger partial charge in [-0.3, -0.25) is 9.78 Å². The Balaban J connectivity index is 1.97. The highest BCUT2D eigenvalue weighted by Crippen LogP contribution is 2.30. The smallest absolute Gasteiger partial charge is 0.257 e. The van der Waals surface area contributed by atoms with Gasteiger partial charge in [0.15, 0.2) is 0 Å². The molecule has 0 spiro atoms. The van der Waals surface area contributed by atoms with E-state index in [4.69, 9.17) is 16.3 Å². The normalized spacial score (nSPS) is 10.8. The number of benzene rings is 2. The first-order valence-electron chi connectivity index (χ1n) is 9.90. The molecule has 0 atom stereocenters. The number of carbonyl (C=O) groups is 1. The van der Waals surface area contributed by atoms with E-state index in [0.29, 0.717) is 36.8 Å². The van der Waals surface area contributed by atoms with Crippen LogP contribution >= 0.6 is 11.6 Å². The quantitative estimate of drug-likeness (QED) is 0.540. The van der Waals surface area contributed by atoms with E-state index in [1.54, 1.807) is 17.2 Å². The van der Waals surface area contributed by atoms with Crippen molar-refractivity contribution in [2.24, 2.45) is 0 Å². The number of fused-ring (bicyclic) bond motifs is 1. The van der Waals surface area contributed by atoms with Crippen LogP contribution in [-0.2, 0) is 6.54 Å². The maximum Gasteiger partial charge on any atom is 0.257 e. The number of carbonyl (C=O) groups excluding carboxylic acids is 1. The Bertz CT molecular complexity index is 985. The first-order chi connectivity index (χ1) is 14.1. The fourth-order valence-corrected chi connectivity index (χ4v) is 3.43. The minimum Gasteiger partial charge on any atom is -0.494 e. The predicted octanol–water partition coefficient (Wildman–Crippen LogP) is 5.38. The molecule has 29 heavy (non-hydrogen) atoms. The zero-order chi connectivity index (χ0) is 20.8. The van der Waals surface area contributed by atoms with Crippen LogP contribution in [0.1, 0.15) is 36.7 Å². The number of hydrogen-bond donors (Lipinski definition) is 1. The molecule has 0 saturated carbocycles. The van der Waals surface area contributed by atoms with Crippen LogP contribution in [0.2, 0.25) is 5.02 Å². The van der Waals surface area contributed by atoms with Crippen molar-refractivity contribution in [3.05, 3.63) is 64.8 Å². The summed E-state index contributed by atoms with van der Waals surface area (Å²) in [6, 6.07) is 13.4. The molecular weight excluding hydrogens is 386 g/mol. The standard InChI is InChI=1S/C23H26ClN3O2/c1-4-27(5-2)23(28)20-15-25-21-12-9-17(24)13-19(21)22(20)26-14-16-7-10-18(11-8-16)29-6-3/h7-13,15H,4-6,14H2,1-3H3,(H,25,26). The van der Waals surface area contributed by atoms with Gasteiger partial charge in [0.1, 0.15) is 5.75 Å². The van der Waals surface area contributed by atoms with Crippen molar-refractivity contribution in [3.8, 4) is 5.75 Å². The van der Waals surface area contributed by atoms with Gasteiger partial charge in [0.2, 0.25) is 0 Å². The fourth-order valence-electron chi connectivity index (χ4n) is 3.26. The molecule has 1 N–H and O–H groups in total. The number of halogens is 1. The number of pyridine rings is 1. The van der Waals surface area contributed by atoms with Gasteiger partial charge >= 0.3 is 0 Å². The molecule has 1 heterocycles. The Hall–Kier alpha value is -2.79. The van der Waals surface area contributed by atoms with Crippen molar-refractivity contribution in [3.63, 3.8) is 0 Å². The lowest BCUT2D eigenvalue weighted by atomic mass is 10.1. The third-order valence-corrected chi connectivity index (χ3v) is 5.05.